The smallest absolute Gasteiger partial charge is 0.0406 e. The van der Waals surface area contributed by atoms with Gasteiger partial charge >= 0.3 is 0 Å². The Morgan fingerprint density at radius 1 is 1.19 bits per heavy atom. The number of halogens is 1. The van der Waals surface area contributed by atoms with E-state index >= 15 is 0 Å². The lowest BCUT2D eigenvalue weighted by Crippen LogP contribution is -2.56. The standard InChI is InChI=1S/C18H27ClN2/c1-18(13-20,12-14-6-8-16(19)9-7-14)21-11-10-15-4-2-3-5-17(15)21/h6-9,15,17H,2-5,10-13,20H2,1H3. The van der Waals surface area contributed by atoms with E-state index in [0.29, 0.717) is 0 Å². The summed E-state index contributed by atoms with van der Waals surface area (Å²) in [5.41, 5.74) is 7.63. The third-order valence-corrected chi connectivity index (χ3v) is 5.89. The SMILES string of the molecule is CC(CN)(Cc1ccc(Cl)cc1)N1CCC2CCCCC21. The molecule has 2 N–H and O–H groups in total. The summed E-state index contributed by atoms with van der Waals surface area (Å²) < 4.78 is 0. The first-order chi connectivity index (χ1) is 10.1. The van der Waals surface area contributed by atoms with Crippen LogP contribution >= 0.6 is 11.6 Å². The van der Waals surface area contributed by atoms with Crippen molar-refractivity contribution in [3.05, 3.63) is 34.9 Å². The summed E-state index contributed by atoms with van der Waals surface area (Å²) >= 11 is 6.00. The van der Waals surface area contributed by atoms with Crippen molar-refractivity contribution >= 4 is 11.6 Å². The van der Waals surface area contributed by atoms with Crippen molar-refractivity contribution in [2.75, 3.05) is 13.1 Å². The molecule has 0 spiro atoms. The number of benzene rings is 1. The van der Waals surface area contributed by atoms with Gasteiger partial charge < -0.3 is 5.73 Å². The minimum atomic E-state index is 0.0740. The number of fused-ring (bicyclic) bond motifs is 1. The number of rotatable bonds is 4. The number of hydrogen-bond donors (Lipinski definition) is 1. The Bertz CT molecular complexity index is 473. The molecule has 1 aliphatic carbocycles. The number of likely N-dealkylation sites (tertiary alicyclic amines) is 1. The molecule has 3 unspecified atom stereocenters. The lowest BCUT2D eigenvalue weighted by molar-refractivity contribution is 0.0673. The van der Waals surface area contributed by atoms with Crippen molar-refractivity contribution in [3.8, 4) is 0 Å². The highest BCUT2D eigenvalue weighted by Gasteiger charge is 2.43. The minimum absolute atomic E-state index is 0.0740. The average Bonchev–Trinajstić information content (AvgIpc) is 2.94. The molecule has 2 fully saturated rings. The molecular weight excluding hydrogens is 280 g/mol. The number of hydrogen-bond acceptors (Lipinski definition) is 2. The van der Waals surface area contributed by atoms with Gasteiger partial charge in [0.05, 0.1) is 0 Å². The predicted molar refractivity (Wildman–Crippen MR) is 89.7 cm³/mol. The second-order valence-corrected chi connectivity index (χ2v) is 7.53. The molecule has 1 heterocycles. The number of nitrogens with zero attached hydrogens (tertiary/aromatic N) is 1. The largest absolute Gasteiger partial charge is 0.329 e. The van der Waals surface area contributed by atoms with E-state index in [0.717, 1.165) is 29.9 Å². The van der Waals surface area contributed by atoms with E-state index in [1.807, 2.05) is 12.1 Å². The molecule has 1 aromatic carbocycles. The van der Waals surface area contributed by atoms with Crippen molar-refractivity contribution in [3.63, 3.8) is 0 Å². The van der Waals surface area contributed by atoms with Crippen LogP contribution in [0, 0.1) is 5.92 Å². The predicted octanol–water partition coefficient (Wildman–Crippen LogP) is 3.86. The zero-order valence-corrected chi connectivity index (χ0v) is 13.8. The molecule has 3 atom stereocenters. The fourth-order valence-electron chi connectivity index (χ4n) is 4.41. The van der Waals surface area contributed by atoms with Gasteiger partial charge in [-0.05, 0) is 62.8 Å². The third-order valence-electron chi connectivity index (χ3n) is 5.64. The molecule has 1 aromatic rings. The fourth-order valence-corrected chi connectivity index (χ4v) is 4.54. The van der Waals surface area contributed by atoms with Crippen LogP contribution in [0.25, 0.3) is 0 Å². The van der Waals surface area contributed by atoms with Crippen LogP contribution in [-0.4, -0.2) is 29.6 Å². The Hall–Kier alpha value is -0.570. The van der Waals surface area contributed by atoms with E-state index in [2.05, 4.69) is 24.0 Å². The molecule has 0 amide bonds. The molecule has 1 saturated heterocycles. The topological polar surface area (TPSA) is 29.3 Å². The van der Waals surface area contributed by atoms with Crippen molar-refractivity contribution in [2.45, 2.75) is 57.0 Å². The Morgan fingerprint density at radius 3 is 2.62 bits per heavy atom. The summed E-state index contributed by atoms with van der Waals surface area (Å²) in [7, 11) is 0. The molecular formula is C18H27ClN2. The summed E-state index contributed by atoms with van der Waals surface area (Å²) in [5, 5.41) is 0.807. The summed E-state index contributed by atoms with van der Waals surface area (Å²) in [6.07, 6.45) is 7.97. The molecule has 21 heavy (non-hydrogen) atoms. The van der Waals surface area contributed by atoms with Gasteiger partial charge in [0.25, 0.3) is 0 Å². The first-order valence-electron chi connectivity index (χ1n) is 8.34. The molecule has 0 bridgehead atoms. The van der Waals surface area contributed by atoms with Crippen LogP contribution in [0.4, 0.5) is 0 Å². The monoisotopic (exact) mass is 306 g/mol. The summed E-state index contributed by atoms with van der Waals surface area (Å²) in [6.45, 7) is 4.29. The molecule has 0 radical (unpaired) electrons. The maximum absolute atomic E-state index is 6.22. The van der Waals surface area contributed by atoms with Gasteiger partial charge in [-0.15, -0.1) is 0 Å². The molecule has 0 aromatic heterocycles. The fraction of sp³-hybridized carbons (Fsp3) is 0.667. The highest BCUT2D eigenvalue weighted by atomic mass is 35.5. The van der Waals surface area contributed by atoms with Crippen LogP contribution in [-0.2, 0) is 6.42 Å². The van der Waals surface area contributed by atoms with Gasteiger partial charge in [-0.1, -0.05) is 36.6 Å². The first-order valence-corrected chi connectivity index (χ1v) is 8.71. The number of nitrogens with two attached hydrogens (primary N) is 1. The molecule has 1 saturated carbocycles. The lowest BCUT2D eigenvalue weighted by Gasteiger charge is -2.44. The minimum Gasteiger partial charge on any atom is -0.329 e. The van der Waals surface area contributed by atoms with E-state index in [4.69, 9.17) is 17.3 Å². The van der Waals surface area contributed by atoms with Crippen LogP contribution < -0.4 is 5.73 Å². The van der Waals surface area contributed by atoms with Crippen LogP contribution in [0.15, 0.2) is 24.3 Å². The van der Waals surface area contributed by atoms with Gasteiger partial charge in [-0.3, -0.25) is 4.90 Å². The zero-order valence-electron chi connectivity index (χ0n) is 13.0. The van der Waals surface area contributed by atoms with Crippen molar-refractivity contribution < 1.29 is 0 Å². The van der Waals surface area contributed by atoms with Gasteiger partial charge in [-0.25, -0.2) is 0 Å². The third kappa shape index (κ3) is 3.13. The van der Waals surface area contributed by atoms with Crippen molar-refractivity contribution in [1.29, 1.82) is 0 Å². The Labute approximate surface area is 133 Å². The molecule has 1 aliphatic heterocycles. The van der Waals surface area contributed by atoms with E-state index in [1.54, 1.807) is 0 Å². The second kappa shape index (κ2) is 6.28. The summed E-state index contributed by atoms with van der Waals surface area (Å²) in [4.78, 5) is 2.73. The van der Waals surface area contributed by atoms with Gasteiger partial charge in [0.2, 0.25) is 0 Å². The zero-order chi connectivity index (χ0) is 14.9. The quantitative estimate of drug-likeness (QED) is 0.915. The Kier molecular flexibility index (Phi) is 4.58. The normalized spacial score (nSPS) is 29.1. The molecule has 2 aliphatic rings. The molecule has 3 rings (SSSR count). The van der Waals surface area contributed by atoms with Crippen LogP contribution in [0.1, 0.15) is 44.6 Å². The maximum atomic E-state index is 6.22. The average molecular weight is 307 g/mol. The Balaban J connectivity index is 1.77. The summed E-state index contributed by atoms with van der Waals surface area (Å²) in [6, 6.07) is 9.03. The molecule has 116 valence electrons. The highest BCUT2D eigenvalue weighted by Crippen LogP contribution is 2.40. The molecule has 3 heteroatoms. The lowest BCUT2D eigenvalue weighted by atomic mass is 9.83. The maximum Gasteiger partial charge on any atom is 0.0406 e. The van der Waals surface area contributed by atoms with E-state index in [9.17, 15) is 0 Å². The van der Waals surface area contributed by atoms with Gasteiger partial charge in [0, 0.05) is 23.1 Å². The highest BCUT2D eigenvalue weighted by molar-refractivity contribution is 6.30. The van der Waals surface area contributed by atoms with E-state index in [1.165, 1.54) is 44.2 Å². The Morgan fingerprint density at radius 2 is 1.90 bits per heavy atom. The van der Waals surface area contributed by atoms with Gasteiger partial charge in [0.1, 0.15) is 0 Å². The first kappa shape index (κ1) is 15.3. The van der Waals surface area contributed by atoms with Gasteiger partial charge in [0.15, 0.2) is 0 Å². The van der Waals surface area contributed by atoms with Gasteiger partial charge in [-0.2, -0.15) is 0 Å². The van der Waals surface area contributed by atoms with E-state index in [-0.39, 0.29) is 5.54 Å². The van der Waals surface area contributed by atoms with Crippen LogP contribution in [0.5, 0.6) is 0 Å². The van der Waals surface area contributed by atoms with Crippen molar-refractivity contribution in [2.24, 2.45) is 11.7 Å². The van der Waals surface area contributed by atoms with Crippen LogP contribution in [0.2, 0.25) is 5.02 Å². The molecule has 2 nitrogen and oxygen atoms in total. The van der Waals surface area contributed by atoms with E-state index < -0.39 is 0 Å². The van der Waals surface area contributed by atoms with Crippen LogP contribution in [0.3, 0.4) is 0 Å². The van der Waals surface area contributed by atoms with Crippen molar-refractivity contribution in [1.82, 2.24) is 4.90 Å². The summed E-state index contributed by atoms with van der Waals surface area (Å²) in [5.74, 6) is 0.912. The second-order valence-electron chi connectivity index (χ2n) is 7.10.